The summed E-state index contributed by atoms with van der Waals surface area (Å²) in [6.45, 7) is -0.166. The minimum Gasteiger partial charge on any atom is -0.394 e. The van der Waals surface area contributed by atoms with Crippen LogP contribution in [0, 0.1) is 0 Å². The van der Waals surface area contributed by atoms with Crippen LogP contribution < -0.4 is 10.6 Å². The topological polar surface area (TPSA) is 90.9 Å². The molecule has 24 heavy (non-hydrogen) atoms. The average molecular weight is 341 g/mol. The molecule has 0 aromatic carbocycles. The molecule has 7 nitrogen and oxygen atoms in total. The highest BCUT2D eigenvalue weighted by Crippen LogP contribution is 2.22. The molecule has 1 aliphatic carbocycles. The first-order valence-corrected chi connectivity index (χ1v) is 9.03. The van der Waals surface area contributed by atoms with Gasteiger partial charge in [0.25, 0.3) is 0 Å². The van der Waals surface area contributed by atoms with Gasteiger partial charge in [-0.3, -0.25) is 4.79 Å². The van der Waals surface area contributed by atoms with Gasteiger partial charge in [-0.25, -0.2) is 4.79 Å². The van der Waals surface area contributed by atoms with Gasteiger partial charge in [-0.2, -0.15) is 0 Å². The molecule has 1 heterocycles. The van der Waals surface area contributed by atoms with Crippen LogP contribution in [-0.4, -0.2) is 66.9 Å². The molecule has 3 atom stereocenters. The van der Waals surface area contributed by atoms with E-state index in [1.54, 1.807) is 19.0 Å². The zero-order valence-corrected chi connectivity index (χ0v) is 14.8. The number of aliphatic hydroxyl groups excluding tert-OH is 1. The maximum absolute atomic E-state index is 12.2. The van der Waals surface area contributed by atoms with Crippen LogP contribution in [0.5, 0.6) is 0 Å². The Morgan fingerprint density at radius 1 is 1.08 bits per heavy atom. The molecule has 1 saturated carbocycles. The van der Waals surface area contributed by atoms with Gasteiger partial charge in [0.15, 0.2) is 0 Å². The number of amides is 3. The number of rotatable bonds is 5. The van der Waals surface area contributed by atoms with Crippen LogP contribution in [0.4, 0.5) is 4.79 Å². The number of hydrogen-bond donors (Lipinski definition) is 3. The number of carbonyl (C=O) groups excluding carboxylic acids is 2. The van der Waals surface area contributed by atoms with E-state index in [2.05, 4.69) is 10.6 Å². The zero-order chi connectivity index (χ0) is 17.5. The largest absolute Gasteiger partial charge is 0.394 e. The van der Waals surface area contributed by atoms with Crippen molar-refractivity contribution in [2.45, 2.75) is 75.7 Å². The molecule has 0 aromatic rings. The summed E-state index contributed by atoms with van der Waals surface area (Å²) in [7, 11) is 3.43. The van der Waals surface area contributed by atoms with Crippen LogP contribution in [0.1, 0.15) is 51.4 Å². The fourth-order valence-corrected chi connectivity index (χ4v) is 3.47. The van der Waals surface area contributed by atoms with Crippen LogP contribution in [-0.2, 0) is 9.53 Å². The van der Waals surface area contributed by atoms with Crippen LogP contribution in [0.25, 0.3) is 0 Å². The summed E-state index contributed by atoms with van der Waals surface area (Å²) < 4.78 is 5.82. The lowest BCUT2D eigenvalue weighted by Crippen LogP contribution is -2.55. The lowest BCUT2D eigenvalue weighted by Gasteiger charge is -2.36. The van der Waals surface area contributed by atoms with Gasteiger partial charge >= 0.3 is 6.03 Å². The summed E-state index contributed by atoms with van der Waals surface area (Å²) in [5, 5.41) is 15.5. The fraction of sp³-hybridized carbons (Fsp3) is 0.882. The van der Waals surface area contributed by atoms with E-state index in [0.717, 1.165) is 12.8 Å². The number of hydrogen-bond acceptors (Lipinski definition) is 4. The molecule has 0 radical (unpaired) electrons. The second-order valence-electron chi connectivity index (χ2n) is 7.11. The van der Waals surface area contributed by atoms with Crippen molar-refractivity contribution in [1.82, 2.24) is 15.5 Å². The fourth-order valence-electron chi connectivity index (χ4n) is 3.47. The van der Waals surface area contributed by atoms with Gasteiger partial charge in [0.2, 0.25) is 5.91 Å². The predicted molar refractivity (Wildman–Crippen MR) is 90.6 cm³/mol. The van der Waals surface area contributed by atoms with E-state index >= 15 is 0 Å². The number of ether oxygens (including phenoxy) is 1. The monoisotopic (exact) mass is 341 g/mol. The van der Waals surface area contributed by atoms with Crippen LogP contribution in [0.15, 0.2) is 0 Å². The predicted octanol–water partition coefficient (Wildman–Crippen LogP) is 1.01. The minimum atomic E-state index is -0.462. The summed E-state index contributed by atoms with van der Waals surface area (Å²) >= 11 is 0. The molecule has 1 aliphatic heterocycles. The van der Waals surface area contributed by atoms with Gasteiger partial charge in [-0.1, -0.05) is 19.3 Å². The van der Waals surface area contributed by atoms with E-state index in [1.807, 2.05) is 0 Å². The second-order valence-corrected chi connectivity index (χ2v) is 7.11. The molecular formula is C17H31N3O4. The molecule has 3 amide bonds. The molecule has 1 saturated heterocycles. The van der Waals surface area contributed by atoms with Gasteiger partial charge < -0.3 is 25.4 Å². The van der Waals surface area contributed by atoms with Crippen molar-refractivity contribution in [3.63, 3.8) is 0 Å². The smallest absolute Gasteiger partial charge is 0.315 e. The summed E-state index contributed by atoms with van der Waals surface area (Å²) in [4.78, 5) is 25.5. The van der Waals surface area contributed by atoms with Crippen molar-refractivity contribution >= 4 is 11.9 Å². The highest BCUT2D eigenvalue weighted by Gasteiger charge is 2.33. The van der Waals surface area contributed by atoms with Crippen molar-refractivity contribution in [2.75, 3.05) is 20.7 Å². The summed E-state index contributed by atoms with van der Waals surface area (Å²) in [5.74, 6) is 0.0122. The van der Waals surface area contributed by atoms with E-state index in [4.69, 9.17) is 4.74 Å². The number of nitrogens with zero attached hydrogens (tertiary/aromatic N) is 1. The lowest BCUT2D eigenvalue weighted by atomic mass is 9.95. The maximum atomic E-state index is 12.2. The molecule has 0 bridgehead atoms. The van der Waals surface area contributed by atoms with Gasteiger partial charge in [-0.05, 0) is 25.7 Å². The minimum absolute atomic E-state index is 0.0122. The third-order valence-electron chi connectivity index (χ3n) is 4.95. The highest BCUT2D eigenvalue weighted by atomic mass is 16.5. The normalized spacial score (nSPS) is 28.2. The molecular weight excluding hydrogens is 310 g/mol. The molecule has 7 heteroatoms. The average Bonchev–Trinajstić information content (AvgIpc) is 2.56. The zero-order valence-electron chi connectivity index (χ0n) is 14.8. The quantitative estimate of drug-likeness (QED) is 0.696. The van der Waals surface area contributed by atoms with E-state index in [1.165, 1.54) is 19.3 Å². The SMILES string of the molecule is CN(C)C(=O)C[C@H]1CC[C@@H](NC(=O)NC2CCCCC2)[C@H](CO)O1. The number of carbonyl (C=O) groups is 2. The van der Waals surface area contributed by atoms with Gasteiger partial charge in [0.1, 0.15) is 6.10 Å². The van der Waals surface area contributed by atoms with E-state index in [-0.39, 0.29) is 36.7 Å². The summed E-state index contributed by atoms with van der Waals surface area (Å²) in [5.41, 5.74) is 0. The van der Waals surface area contributed by atoms with Gasteiger partial charge in [0, 0.05) is 20.1 Å². The molecule has 2 fully saturated rings. The van der Waals surface area contributed by atoms with Crippen molar-refractivity contribution in [1.29, 1.82) is 0 Å². The van der Waals surface area contributed by atoms with E-state index in [9.17, 15) is 14.7 Å². The summed E-state index contributed by atoms with van der Waals surface area (Å²) in [6, 6.07) is -0.151. The molecule has 2 rings (SSSR count). The first-order valence-electron chi connectivity index (χ1n) is 9.03. The Hall–Kier alpha value is -1.34. The Labute approximate surface area is 144 Å². The Balaban J connectivity index is 1.78. The lowest BCUT2D eigenvalue weighted by molar-refractivity contribution is -0.137. The molecule has 138 valence electrons. The van der Waals surface area contributed by atoms with E-state index in [0.29, 0.717) is 19.3 Å². The molecule has 0 spiro atoms. The van der Waals surface area contributed by atoms with Crippen LogP contribution in [0.2, 0.25) is 0 Å². The maximum Gasteiger partial charge on any atom is 0.315 e. The highest BCUT2D eigenvalue weighted by molar-refractivity contribution is 5.76. The van der Waals surface area contributed by atoms with E-state index < -0.39 is 6.10 Å². The van der Waals surface area contributed by atoms with Crippen molar-refractivity contribution in [2.24, 2.45) is 0 Å². The number of aliphatic hydroxyl groups is 1. The van der Waals surface area contributed by atoms with Crippen LogP contribution in [0.3, 0.4) is 0 Å². The molecule has 0 aromatic heterocycles. The van der Waals surface area contributed by atoms with Crippen LogP contribution >= 0.6 is 0 Å². The van der Waals surface area contributed by atoms with Gasteiger partial charge in [-0.15, -0.1) is 0 Å². The third kappa shape index (κ3) is 5.63. The Morgan fingerprint density at radius 2 is 1.79 bits per heavy atom. The van der Waals surface area contributed by atoms with Crippen molar-refractivity contribution < 1.29 is 19.4 Å². The second kappa shape index (κ2) is 9.22. The van der Waals surface area contributed by atoms with Crippen molar-refractivity contribution in [3.05, 3.63) is 0 Å². The first kappa shape index (κ1) is 19.0. The summed E-state index contributed by atoms with van der Waals surface area (Å²) in [6.07, 6.45) is 6.70. The Kier molecular flexibility index (Phi) is 7.30. The Bertz CT molecular complexity index is 424. The third-order valence-corrected chi connectivity index (χ3v) is 4.95. The first-order chi connectivity index (χ1) is 11.5. The molecule has 0 unspecified atom stereocenters. The standard InChI is InChI=1S/C17H31N3O4/c1-20(2)16(22)10-13-8-9-14(15(11-21)24-13)19-17(23)18-12-6-4-3-5-7-12/h12-15,21H,3-11H2,1-2H3,(H2,18,19,23)/t13-,14-,15+/m1/s1. The number of urea groups is 1. The molecule has 2 aliphatic rings. The number of nitrogens with one attached hydrogen (secondary N) is 2. The molecule has 3 N–H and O–H groups in total. The van der Waals surface area contributed by atoms with Gasteiger partial charge in [0.05, 0.1) is 25.2 Å². The van der Waals surface area contributed by atoms with Crippen molar-refractivity contribution in [3.8, 4) is 0 Å². The Morgan fingerprint density at radius 3 is 2.42 bits per heavy atom.